The first-order valence-corrected chi connectivity index (χ1v) is 10.2. The first-order valence-electron chi connectivity index (χ1n) is 9.81. The van der Waals surface area contributed by atoms with Crippen molar-refractivity contribution >= 4 is 29.3 Å². The van der Waals surface area contributed by atoms with E-state index in [0.717, 1.165) is 33.8 Å². The van der Waals surface area contributed by atoms with E-state index in [9.17, 15) is 4.79 Å². The molecule has 30 heavy (non-hydrogen) atoms. The van der Waals surface area contributed by atoms with E-state index in [1.807, 2.05) is 18.2 Å². The van der Waals surface area contributed by atoms with Crippen LogP contribution in [0.3, 0.4) is 0 Å². The van der Waals surface area contributed by atoms with Crippen molar-refractivity contribution in [2.75, 3.05) is 14.2 Å². The van der Waals surface area contributed by atoms with E-state index in [2.05, 4.69) is 51.2 Å². The highest BCUT2D eigenvalue weighted by Crippen LogP contribution is 2.33. The molecule has 0 spiro atoms. The predicted octanol–water partition coefficient (Wildman–Crippen LogP) is 4.57. The molecular weight excluding hydrogens is 396 g/mol. The summed E-state index contributed by atoms with van der Waals surface area (Å²) in [5.74, 6) is 1.46. The average Bonchev–Trinajstić information content (AvgIpc) is 2.92. The van der Waals surface area contributed by atoms with E-state index >= 15 is 0 Å². The molecule has 158 valence electrons. The zero-order valence-corrected chi connectivity index (χ0v) is 19.1. The monoisotopic (exact) mass is 424 g/mol. The summed E-state index contributed by atoms with van der Waals surface area (Å²) in [6.45, 7) is 8.92. The standard InChI is InChI=1S/C24H28N2O3S/c1-15-7-9-18(24(2,3)4)21(11-15)29-14-17-12-16(8-10-20(17)28-6)13-19-22(27)26(5)23(30)25-19/h7-13H,14H2,1-6H3,(H,25,30)/b19-13+. The van der Waals surface area contributed by atoms with E-state index < -0.39 is 0 Å². The van der Waals surface area contributed by atoms with E-state index in [1.54, 1.807) is 20.2 Å². The molecule has 1 fully saturated rings. The molecule has 5 nitrogen and oxygen atoms in total. The van der Waals surface area contributed by atoms with E-state index in [0.29, 0.717) is 17.4 Å². The molecular formula is C24H28N2O3S. The van der Waals surface area contributed by atoms with Gasteiger partial charge in [0.05, 0.1) is 7.11 Å². The number of aryl methyl sites for hydroxylation is 1. The van der Waals surface area contributed by atoms with Crippen LogP contribution in [-0.4, -0.2) is 30.1 Å². The Hall–Kier alpha value is -2.86. The largest absolute Gasteiger partial charge is 0.496 e. The number of methoxy groups -OCH3 is 1. The van der Waals surface area contributed by atoms with Crippen molar-refractivity contribution in [3.8, 4) is 11.5 Å². The highest BCUT2D eigenvalue weighted by molar-refractivity contribution is 7.80. The van der Waals surface area contributed by atoms with E-state index in [1.165, 1.54) is 4.90 Å². The lowest BCUT2D eigenvalue weighted by Crippen LogP contribution is -2.25. The van der Waals surface area contributed by atoms with Crippen LogP contribution in [0.2, 0.25) is 0 Å². The number of benzene rings is 2. The van der Waals surface area contributed by atoms with Crippen LogP contribution in [0.4, 0.5) is 0 Å². The van der Waals surface area contributed by atoms with E-state index in [4.69, 9.17) is 21.7 Å². The van der Waals surface area contributed by atoms with Gasteiger partial charge in [-0.2, -0.15) is 0 Å². The number of nitrogens with one attached hydrogen (secondary N) is 1. The minimum Gasteiger partial charge on any atom is -0.496 e. The summed E-state index contributed by atoms with van der Waals surface area (Å²) in [5, 5.41) is 3.34. The van der Waals surface area contributed by atoms with Gasteiger partial charge < -0.3 is 14.8 Å². The first-order chi connectivity index (χ1) is 14.1. The molecule has 1 N–H and O–H groups in total. The van der Waals surface area contributed by atoms with Crippen LogP contribution >= 0.6 is 12.2 Å². The van der Waals surface area contributed by atoms with Gasteiger partial charge in [0, 0.05) is 12.6 Å². The molecule has 0 bridgehead atoms. The van der Waals surface area contributed by atoms with Gasteiger partial charge in [-0.1, -0.05) is 39.0 Å². The highest BCUT2D eigenvalue weighted by atomic mass is 32.1. The van der Waals surface area contributed by atoms with Crippen LogP contribution in [0.5, 0.6) is 11.5 Å². The van der Waals surface area contributed by atoms with Crippen molar-refractivity contribution in [3.05, 3.63) is 64.3 Å². The Morgan fingerprint density at radius 1 is 1.13 bits per heavy atom. The summed E-state index contributed by atoms with van der Waals surface area (Å²) in [7, 11) is 3.29. The maximum atomic E-state index is 12.3. The zero-order valence-electron chi connectivity index (χ0n) is 18.3. The number of ether oxygens (including phenoxy) is 2. The summed E-state index contributed by atoms with van der Waals surface area (Å²) in [4.78, 5) is 13.7. The Labute approximate surface area is 183 Å². The van der Waals surface area contributed by atoms with Crippen molar-refractivity contribution in [1.82, 2.24) is 10.2 Å². The lowest BCUT2D eigenvalue weighted by molar-refractivity contribution is -0.121. The number of rotatable bonds is 5. The molecule has 0 unspecified atom stereocenters. The number of thiocarbonyl (C=S) groups is 1. The van der Waals surface area contributed by atoms with Gasteiger partial charge in [-0.05, 0) is 65.5 Å². The molecule has 1 aliphatic rings. The topological polar surface area (TPSA) is 50.8 Å². The Bertz CT molecular complexity index is 1020. The van der Waals surface area contributed by atoms with Crippen molar-refractivity contribution in [2.45, 2.75) is 39.7 Å². The molecule has 0 aliphatic carbocycles. The van der Waals surface area contributed by atoms with Gasteiger partial charge in [-0.25, -0.2) is 0 Å². The predicted molar refractivity (Wildman–Crippen MR) is 124 cm³/mol. The molecule has 1 amide bonds. The Morgan fingerprint density at radius 3 is 2.47 bits per heavy atom. The molecule has 0 radical (unpaired) electrons. The molecule has 2 aromatic carbocycles. The van der Waals surface area contributed by atoms with Crippen LogP contribution in [0.1, 0.15) is 43.0 Å². The molecule has 2 aromatic rings. The molecule has 1 saturated heterocycles. The highest BCUT2D eigenvalue weighted by Gasteiger charge is 2.27. The second-order valence-corrected chi connectivity index (χ2v) is 8.85. The molecule has 0 atom stereocenters. The van der Waals surface area contributed by atoms with Gasteiger partial charge in [0.1, 0.15) is 23.8 Å². The SMILES string of the molecule is COc1ccc(/C=C2/NC(=S)N(C)C2=O)cc1COc1cc(C)ccc1C(C)(C)C. The molecule has 1 heterocycles. The summed E-state index contributed by atoms with van der Waals surface area (Å²) < 4.78 is 11.8. The number of likely N-dealkylation sites (N-methyl/N-ethyl adjacent to an activating group) is 1. The number of carbonyl (C=O) groups excluding carboxylic acids is 1. The smallest absolute Gasteiger partial charge is 0.276 e. The van der Waals surface area contributed by atoms with Crippen molar-refractivity contribution < 1.29 is 14.3 Å². The molecule has 0 aromatic heterocycles. The van der Waals surface area contributed by atoms with Crippen LogP contribution in [0, 0.1) is 6.92 Å². The molecule has 1 aliphatic heterocycles. The van der Waals surface area contributed by atoms with Gasteiger partial charge >= 0.3 is 0 Å². The molecule has 6 heteroatoms. The fourth-order valence-electron chi connectivity index (χ4n) is 3.32. The number of hydrogen-bond donors (Lipinski definition) is 1. The van der Waals surface area contributed by atoms with Crippen LogP contribution < -0.4 is 14.8 Å². The number of hydrogen-bond acceptors (Lipinski definition) is 4. The maximum absolute atomic E-state index is 12.3. The van der Waals surface area contributed by atoms with Crippen molar-refractivity contribution in [2.24, 2.45) is 0 Å². The van der Waals surface area contributed by atoms with Crippen molar-refractivity contribution in [1.29, 1.82) is 0 Å². The van der Waals surface area contributed by atoms with Gasteiger partial charge in [0.25, 0.3) is 5.91 Å². The Kier molecular flexibility index (Phi) is 6.17. The van der Waals surface area contributed by atoms with Crippen LogP contribution in [0.25, 0.3) is 6.08 Å². The third-order valence-corrected chi connectivity index (χ3v) is 5.40. The summed E-state index contributed by atoms with van der Waals surface area (Å²) in [6.07, 6.45) is 1.79. The second kappa shape index (κ2) is 8.48. The van der Waals surface area contributed by atoms with Crippen LogP contribution in [0.15, 0.2) is 42.1 Å². The van der Waals surface area contributed by atoms with Crippen LogP contribution in [-0.2, 0) is 16.8 Å². The third kappa shape index (κ3) is 4.65. The fourth-order valence-corrected chi connectivity index (χ4v) is 3.51. The number of carbonyl (C=O) groups is 1. The van der Waals surface area contributed by atoms with Gasteiger partial charge in [-0.3, -0.25) is 9.69 Å². The Morgan fingerprint density at radius 2 is 1.87 bits per heavy atom. The Balaban J connectivity index is 1.89. The van der Waals surface area contributed by atoms with E-state index in [-0.39, 0.29) is 11.3 Å². The molecule has 3 rings (SSSR count). The van der Waals surface area contributed by atoms with Gasteiger partial charge in [0.2, 0.25) is 0 Å². The summed E-state index contributed by atoms with van der Waals surface area (Å²) >= 11 is 5.14. The minimum absolute atomic E-state index is 0.0294. The fraction of sp³-hybridized carbons (Fsp3) is 0.333. The van der Waals surface area contributed by atoms with Gasteiger partial charge in [0.15, 0.2) is 5.11 Å². The zero-order chi connectivity index (χ0) is 22.1. The van der Waals surface area contributed by atoms with Crippen molar-refractivity contribution in [3.63, 3.8) is 0 Å². The minimum atomic E-state index is -0.150. The maximum Gasteiger partial charge on any atom is 0.276 e. The average molecular weight is 425 g/mol. The third-order valence-electron chi connectivity index (χ3n) is 5.03. The lowest BCUT2D eigenvalue weighted by atomic mass is 9.86. The second-order valence-electron chi connectivity index (χ2n) is 8.46. The molecule has 0 saturated carbocycles. The lowest BCUT2D eigenvalue weighted by Gasteiger charge is -2.23. The quantitative estimate of drug-likeness (QED) is 0.563. The number of amides is 1. The first kappa shape index (κ1) is 21.8. The normalized spacial score (nSPS) is 15.5. The summed E-state index contributed by atoms with van der Waals surface area (Å²) in [5.41, 5.74) is 4.49. The number of nitrogens with zero attached hydrogens (tertiary/aromatic N) is 1. The summed E-state index contributed by atoms with van der Waals surface area (Å²) in [6, 6.07) is 12.0. The van der Waals surface area contributed by atoms with Gasteiger partial charge in [-0.15, -0.1) is 0 Å².